The van der Waals surface area contributed by atoms with Crippen molar-refractivity contribution in [2.75, 3.05) is 13.2 Å². The summed E-state index contributed by atoms with van der Waals surface area (Å²) in [5.41, 5.74) is 0. The van der Waals surface area contributed by atoms with Crippen molar-refractivity contribution >= 4 is 5.91 Å². The fourth-order valence-electron chi connectivity index (χ4n) is 1.90. The third-order valence-electron chi connectivity index (χ3n) is 2.92. The van der Waals surface area contributed by atoms with Gasteiger partial charge in [-0.3, -0.25) is 9.69 Å². The molecule has 0 saturated heterocycles. The molecule has 0 saturated carbocycles. The van der Waals surface area contributed by atoms with Crippen LogP contribution in [0, 0.1) is 0 Å². The zero-order valence-corrected chi connectivity index (χ0v) is 11.2. The van der Waals surface area contributed by atoms with E-state index in [1.165, 1.54) is 0 Å². The van der Waals surface area contributed by atoms with Gasteiger partial charge in [0.1, 0.15) is 5.76 Å². The standard InChI is InChI=1S/C13H22N2O3/c1-10(2)15(6-7-16)11(3)13(17)14-9-12-5-4-8-18-12/h4-5,8,10-11,16H,6-7,9H2,1-3H3,(H,14,17). The first-order valence-electron chi connectivity index (χ1n) is 6.23. The fourth-order valence-corrected chi connectivity index (χ4v) is 1.90. The molecular formula is C13H22N2O3. The lowest BCUT2D eigenvalue weighted by Gasteiger charge is -2.31. The van der Waals surface area contributed by atoms with Crippen LogP contribution >= 0.6 is 0 Å². The Labute approximate surface area is 108 Å². The molecule has 1 unspecified atom stereocenters. The minimum absolute atomic E-state index is 0.0496. The number of aliphatic hydroxyl groups excluding tert-OH is 1. The summed E-state index contributed by atoms with van der Waals surface area (Å²) < 4.78 is 5.15. The average molecular weight is 254 g/mol. The molecule has 5 heteroatoms. The predicted octanol–water partition coefficient (Wildman–Crippen LogP) is 0.987. The molecule has 102 valence electrons. The Bertz CT molecular complexity index is 349. The maximum Gasteiger partial charge on any atom is 0.237 e. The van der Waals surface area contributed by atoms with Gasteiger partial charge in [0.15, 0.2) is 0 Å². The topological polar surface area (TPSA) is 65.7 Å². The molecule has 2 N–H and O–H groups in total. The van der Waals surface area contributed by atoms with Crippen molar-refractivity contribution in [3.63, 3.8) is 0 Å². The van der Waals surface area contributed by atoms with Gasteiger partial charge in [-0.1, -0.05) is 0 Å². The van der Waals surface area contributed by atoms with Crippen LogP contribution in [0.4, 0.5) is 0 Å². The summed E-state index contributed by atoms with van der Waals surface area (Å²) in [6.45, 7) is 6.79. The molecule has 0 aliphatic heterocycles. The number of carbonyl (C=O) groups excluding carboxylic acids is 1. The molecular weight excluding hydrogens is 232 g/mol. The first kappa shape index (κ1) is 14.7. The predicted molar refractivity (Wildman–Crippen MR) is 68.9 cm³/mol. The van der Waals surface area contributed by atoms with Gasteiger partial charge in [0, 0.05) is 12.6 Å². The Morgan fingerprint density at radius 1 is 1.50 bits per heavy atom. The molecule has 1 aromatic heterocycles. The SMILES string of the molecule is CC(C)N(CCO)C(C)C(=O)NCc1ccco1. The third kappa shape index (κ3) is 4.16. The van der Waals surface area contributed by atoms with E-state index < -0.39 is 0 Å². The average Bonchev–Trinajstić information content (AvgIpc) is 2.84. The molecule has 5 nitrogen and oxygen atoms in total. The van der Waals surface area contributed by atoms with Gasteiger partial charge >= 0.3 is 0 Å². The number of nitrogens with one attached hydrogen (secondary N) is 1. The van der Waals surface area contributed by atoms with E-state index in [1.807, 2.05) is 31.7 Å². The number of furan rings is 1. The Hall–Kier alpha value is -1.33. The number of nitrogens with zero attached hydrogens (tertiary/aromatic N) is 1. The summed E-state index contributed by atoms with van der Waals surface area (Å²) in [6, 6.07) is 3.55. The maximum absolute atomic E-state index is 12.0. The van der Waals surface area contributed by atoms with E-state index in [0.717, 1.165) is 5.76 Å². The molecule has 0 aliphatic carbocycles. The molecule has 1 atom stereocenters. The molecule has 0 bridgehead atoms. The van der Waals surface area contributed by atoms with Crippen LogP contribution in [-0.4, -0.2) is 41.1 Å². The van der Waals surface area contributed by atoms with Crippen molar-refractivity contribution in [2.45, 2.75) is 39.4 Å². The molecule has 1 amide bonds. The van der Waals surface area contributed by atoms with Crippen LogP contribution in [-0.2, 0) is 11.3 Å². The summed E-state index contributed by atoms with van der Waals surface area (Å²) in [7, 11) is 0. The van der Waals surface area contributed by atoms with E-state index in [-0.39, 0.29) is 24.6 Å². The summed E-state index contributed by atoms with van der Waals surface area (Å²) in [5, 5.41) is 11.8. The zero-order chi connectivity index (χ0) is 13.5. The van der Waals surface area contributed by atoms with Crippen molar-refractivity contribution in [2.24, 2.45) is 0 Å². The Balaban J connectivity index is 2.48. The van der Waals surface area contributed by atoms with Crippen LogP contribution in [0.25, 0.3) is 0 Å². The van der Waals surface area contributed by atoms with Crippen molar-refractivity contribution < 1.29 is 14.3 Å². The van der Waals surface area contributed by atoms with Gasteiger partial charge in [-0.15, -0.1) is 0 Å². The molecule has 0 fully saturated rings. The van der Waals surface area contributed by atoms with E-state index in [4.69, 9.17) is 9.52 Å². The van der Waals surface area contributed by atoms with Gasteiger partial charge in [-0.05, 0) is 32.9 Å². The van der Waals surface area contributed by atoms with Gasteiger partial charge in [0.25, 0.3) is 0 Å². The minimum Gasteiger partial charge on any atom is -0.467 e. The summed E-state index contributed by atoms with van der Waals surface area (Å²) in [6.07, 6.45) is 1.58. The molecule has 1 aromatic rings. The number of aliphatic hydroxyl groups is 1. The fraction of sp³-hybridized carbons (Fsp3) is 0.615. The van der Waals surface area contributed by atoms with Crippen LogP contribution < -0.4 is 5.32 Å². The third-order valence-corrected chi connectivity index (χ3v) is 2.92. The van der Waals surface area contributed by atoms with Crippen LogP contribution in [0.1, 0.15) is 26.5 Å². The second-order valence-corrected chi connectivity index (χ2v) is 4.53. The summed E-state index contributed by atoms with van der Waals surface area (Å²) >= 11 is 0. The maximum atomic E-state index is 12.0. The van der Waals surface area contributed by atoms with E-state index >= 15 is 0 Å². The number of hydrogen-bond donors (Lipinski definition) is 2. The Morgan fingerprint density at radius 3 is 2.72 bits per heavy atom. The van der Waals surface area contributed by atoms with Gasteiger partial charge in [0.2, 0.25) is 5.91 Å². The van der Waals surface area contributed by atoms with Crippen molar-refractivity contribution in [3.05, 3.63) is 24.2 Å². The highest BCUT2D eigenvalue weighted by atomic mass is 16.3. The lowest BCUT2D eigenvalue weighted by atomic mass is 10.2. The highest BCUT2D eigenvalue weighted by Crippen LogP contribution is 2.06. The lowest BCUT2D eigenvalue weighted by molar-refractivity contribution is -0.127. The number of rotatable bonds is 7. The van der Waals surface area contributed by atoms with E-state index in [1.54, 1.807) is 12.3 Å². The monoisotopic (exact) mass is 254 g/mol. The largest absolute Gasteiger partial charge is 0.467 e. The highest BCUT2D eigenvalue weighted by Gasteiger charge is 2.22. The molecule has 1 heterocycles. The molecule has 1 rings (SSSR count). The molecule has 0 spiro atoms. The normalized spacial score (nSPS) is 13.0. The number of hydrogen-bond acceptors (Lipinski definition) is 4. The Morgan fingerprint density at radius 2 is 2.22 bits per heavy atom. The smallest absolute Gasteiger partial charge is 0.237 e. The van der Waals surface area contributed by atoms with Gasteiger partial charge in [-0.2, -0.15) is 0 Å². The van der Waals surface area contributed by atoms with E-state index in [0.29, 0.717) is 13.1 Å². The first-order valence-corrected chi connectivity index (χ1v) is 6.23. The van der Waals surface area contributed by atoms with Crippen molar-refractivity contribution in [1.29, 1.82) is 0 Å². The van der Waals surface area contributed by atoms with Crippen molar-refractivity contribution in [3.8, 4) is 0 Å². The second-order valence-electron chi connectivity index (χ2n) is 4.53. The minimum atomic E-state index is -0.271. The molecule has 18 heavy (non-hydrogen) atoms. The summed E-state index contributed by atoms with van der Waals surface area (Å²) in [5.74, 6) is 0.669. The highest BCUT2D eigenvalue weighted by molar-refractivity contribution is 5.81. The van der Waals surface area contributed by atoms with Crippen LogP contribution in [0.15, 0.2) is 22.8 Å². The Kier molecular flexibility index (Phi) is 5.88. The molecule has 0 aromatic carbocycles. The van der Waals surface area contributed by atoms with Crippen molar-refractivity contribution in [1.82, 2.24) is 10.2 Å². The van der Waals surface area contributed by atoms with Crippen LogP contribution in [0.3, 0.4) is 0 Å². The lowest BCUT2D eigenvalue weighted by Crippen LogP contribution is -2.49. The van der Waals surface area contributed by atoms with Gasteiger partial charge < -0.3 is 14.8 Å². The number of amides is 1. The van der Waals surface area contributed by atoms with Crippen LogP contribution in [0.5, 0.6) is 0 Å². The van der Waals surface area contributed by atoms with E-state index in [9.17, 15) is 4.79 Å². The quantitative estimate of drug-likeness (QED) is 0.761. The number of carbonyl (C=O) groups is 1. The van der Waals surface area contributed by atoms with Gasteiger partial charge in [-0.25, -0.2) is 0 Å². The van der Waals surface area contributed by atoms with Crippen LogP contribution in [0.2, 0.25) is 0 Å². The first-order chi connectivity index (χ1) is 8.56. The molecule has 0 aliphatic rings. The second kappa shape index (κ2) is 7.18. The van der Waals surface area contributed by atoms with E-state index in [2.05, 4.69) is 5.32 Å². The zero-order valence-electron chi connectivity index (χ0n) is 11.2. The van der Waals surface area contributed by atoms with Gasteiger partial charge in [0.05, 0.1) is 25.5 Å². The molecule has 0 radical (unpaired) electrons. The summed E-state index contributed by atoms with van der Waals surface area (Å²) in [4.78, 5) is 13.9.